The van der Waals surface area contributed by atoms with Crippen LogP contribution in [0.1, 0.15) is 50.9 Å². The van der Waals surface area contributed by atoms with E-state index in [-0.39, 0.29) is 0 Å². The molecule has 1 saturated carbocycles. The van der Waals surface area contributed by atoms with Gasteiger partial charge >= 0.3 is 0 Å². The zero-order valence-electron chi connectivity index (χ0n) is 11.9. The van der Waals surface area contributed by atoms with Crippen molar-refractivity contribution in [1.29, 1.82) is 0 Å². The topological polar surface area (TPSA) is 47.8 Å². The maximum Gasteiger partial charge on any atom is 0.129 e. The third-order valence-corrected chi connectivity index (χ3v) is 4.99. The lowest BCUT2D eigenvalue weighted by Gasteiger charge is -2.09. The van der Waals surface area contributed by atoms with Gasteiger partial charge in [0.05, 0.1) is 11.4 Å². The van der Waals surface area contributed by atoms with Crippen LogP contribution >= 0.6 is 0 Å². The van der Waals surface area contributed by atoms with E-state index in [1.807, 2.05) is 0 Å². The zero-order valence-corrected chi connectivity index (χ0v) is 11.9. The number of Topliss-reactive ketones (excluding diaryl/α,β-unsaturated/α-hetero) is 1. The van der Waals surface area contributed by atoms with Crippen LogP contribution in [-0.2, 0) is 24.2 Å². The van der Waals surface area contributed by atoms with E-state index in [2.05, 4.69) is 21.9 Å². The molecule has 0 saturated heterocycles. The Kier molecular flexibility index (Phi) is 3.42. The fourth-order valence-electron chi connectivity index (χ4n) is 3.88. The zero-order chi connectivity index (χ0) is 13.4. The van der Waals surface area contributed by atoms with Crippen LogP contribution in [0.2, 0.25) is 0 Å². The summed E-state index contributed by atoms with van der Waals surface area (Å²) >= 11 is 0. The number of hydrogen-bond donors (Lipinski definition) is 0. The molecule has 3 unspecified atom stereocenters. The van der Waals surface area contributed by atoms with Crippen LogP contribution < -0.4 is 0 Å². The van der Waals surface area contributed by atoms with Crippen LogP contribution in [-0.4, -0.2) is 20.8 Å². The summed E-state index contributed by atoms with van der Waals surface area (Å²) in [6, 6.07) is 0. The highest BCUT2D eigenvalue weighted by Crippen LogP contribution is 2.55. The lowest BCUT2D eigenvalue weighted by molar-refractivity contribution is -0.117. The number of carbonyl (C=O) groups excluding carboxylic acids is 1. The Labute approximate surface area is 114 Å². The number of aryl methyl sites for hydroxylation is 2. The molecule has 1 aromatic rings. The van der Waals surface area contributed by atoms with E-state index in [0.717, 1.165) is 50.0 Å². The van der Waals surface area contributed by atoms with Crippen molar-refractivity contribution in [2.45, 2.75) is 58.9 Å². The molecule has 3 rings (SSSR count). The first-order valence-corrected chi connectivity index (χ1v) is 7.61. The smallest absolute Gasteiger partial charge is 0.129 e. The van der Waals surface area contributed by atoms with Crippen molar-refractivity contribution >= 4 is 5.78 Å². The Morgan fingerprint density at radius 2 is 2.05 bits per heavy atom. The molecule has 4 heteroatoms. The molecule has 4 nitrogen and oxygen atoms in total. The third kappa shape index (κ3) is 2.45. The second-order valence-electron chi connectivity index (χ2n) is 6.11. The number of rotatable bonds is 4. The molecule has 1 fully saturated rings. The van der Waals surface area contributed by atoms with Gasteiger partial charge in [-0.15, -0.1) is 5.10 Å². The van der Waals surface area contributed by atoms with E-state index in [4.69, 9.17) is 0 Å². The van der Waals surface area contributed by atoms with Crippen LogP contribution in [0.3, 0.4) is 0 Å². The number of hydrogen-bond acceptors (Lipinski definition) is 3. The Balaban J connectivity index is 1.64. The van der Waals surface area contributed by atoms with Crippen LogP contribution in [0.5, 0.6) is 0 Å². The second-order valence-corrected chi connectivity index (χ2v) is 6.11. The molecule has 104 valence electrons. The van der Waals surface area contributed by atoms with Crippen molar-refractivity contribution in [3.8, 4) is 0 Å². The molecular weight excluding hydrogens is 238 g/mol. The summed E-state index contributed by atoms with van der Waals surface area (Å²) < 4.78 is 2.06. The molecule has 0 aromatic carbocycles. The molecule has 2 aliphatic carbocycles. The average molecular weight is 261 g/mol. The molecule has 19 heavy (non-hydrogen) atoms. The van der Waals surface area contributed by atoms with E-state index in [1.165, 1.54) is 24.2 Å². The number of carbonyl (C=O) groups is 1. The first kappa shape index (κ1) is 12.8. The molecule has 1 aromatic heterocycles. The molecule has 0 radical (unpaired) electrons. The van der Waals surface area contributed by atoms with Crippen LogP contribution in [0.25, 0.3) is 0 Å². The van der Waals surface area contributed by atoms with Crippen molar-refractivity contribution in [1.82, 2.24) is 15.0 Å². The van der Waals surface area contributed by atoms with Gasteiger partial charge in [0.2, 0.25) is 0 Å². The van der Waals surface area contributed by atoms with Gasteiger partial charge < -0.3 is 4.79 Å². The first-order valence-electron chi connectivity index (χ1n) is 7.61. The number of fused-ring (bicyclic) bond motifs is 2. The molecule has 0 spiro atoms. The fourth-order valence-corrected chi connectivity index (χ4v) is 3.88. The van der Waals surface area contributed by atoms with Gasteiger partial charge in [-0.25, -0.2) is 4.68 Å². The minimum Gasteiger partial charge on any atom is -0.300 e. The summed E-state index contributed by atoms with van der Waals surface area (Å²) in [4.78, 5) is 11.1. The molecule has 0 bridgehead atoms. The largest absolute Gasteiger partial charge is 0.300 e. The Morgan fingerprint density at radius 3 is 2.74 bits per heavy atom. The number of nitrogens with zero attached hydrogens (tertiary/aromatic N) is 3. The van der Waals surface area contributed by atoms with Gasteiger partial charge in [-0.05, 0) is 63.7 Å². The van der Waals surface area contributed by atoms with E-state index in [1.54, 1.807) is 6.92 Å². The fraction of sp³-hybridized carbons (Fsp3) is 0.800. The maximum absolute atomic E-state index is 11.1. The summed E-state index contributed by atoms with van der Waals surface area (Å²) in [5.41, 5.74) is 2.58. The molecule has 0 N–H and O–H groups in total. The van der Waals surface area contributed by atoms with Crippen molar-refractivity contribution in [2.75, 3.05) is 0 Å². The standard InChI is InChI=1S/C15H23N3O/c1-3-18-15-9-7-13-11(5-4-10(2)19)12(13)6-8-14(15)16-17-18/h11-13H,3-9H2,1-2H3. The van der Waals surface area contributed by atoms with E-state index in [9.17, 15) is 4.79 Å². The van der Waals surface area contributed by atoms with Gasteiger partial charge in [-0.1, -0.05) is 5.21 Å². The van der Waals surface area contributed by atoms with E-state index >= 15 is 0 Å². The Hall–Kier alpha value is -1.19. The quantitative estimate of drug-likeness (QED) is 0.836. The predicted octanol–water partition coefficient (Wildman–Crippen LogP) is 2.41. The van der Waals surface area contributed by atoms with E-state index in [0.29, 0.717) is 5.78 Å². The lowest BCUT2D eigenvalue weighted by Crippen LogP contribution is -2.07. The van der Waals surface area contributed by atoms with Gasteiger partial charge in [-0.3, -0.25) is 0 Å². The minimum absolute atomic E-state index is 0.339. The van der Waals surface area contributed by atoms with Gasteiger partial charge in [0, 0.05) is 13.0 Å². The molecule has 2 aliphatic rings. The first-order chi connectivity index (χ1) is 9.20. The summed E-state index contributed by atoms with van der Waals surface area (Å²) in [6.07, 6.45) is 6.57. The summed E-state index contributed by atoms with van der Waals surface area (Å²) in [7, 11) is 0. The van der Waals surface area contributed by atoms with Gasteiger partial charge in [-0.2, -0.15) is 0 Å². The summed E-state index contributed by atoms with van der Waals surface area (Å²) in [5, 5.41) is 8.58. The van der Waals surface area contributed by atoms with Crippen LogP contribution in [0.15, 0.2) is 0 Å². The van der Waals surface area contributed by atoms with Gasteiger partial charge in [0.25, 0.3) is 0 Å². The van der Waals surface area contributed by atoms with Gasteiger partial charge in [0.1, 0.15) is 5.78 Å². The highest BCUT2D eigenvalue weighted by atomic mass is 16.1. The molecule has 1 heterocycles. The predicted molar refractivity (Wildman–Crippen MR) is 72.7 cm³/mol. The number of ketones is 1. The van der Waals surface area contributed by atoms with E-state index < -0.39 is 0 Å². The molecule has 3 atom stereocenters. The lowest BCUT2D eigenvalue weighted by atomic mass is 10.0. The average Bonchev–Trinajstić information content (AvgIpc) is 2.87. The van der Waals surface area contributed by atoms with Crippen LogP contribution in [0.4, 0.5) is 0 Å². The van der Waals surface area contributed by atoms with Crippen molar-refractivity contribution in [3.05, 3.63) is 11.4 Å². The summed E-state index contributed by atoms with van der Waals surface area (Å²) in [5.74, 6) is 2.84. The Bertz CT molecular complexity index is 480. The highest BCUT2D eigenvalue weighted by Gasteiger charge is 2.49. The monoisotopic (exact) mass is 261 g/mol. The maximum atomic E-state index is 11.1. The molecular formula is C15H23N3O. The molecule has 0 aliphatic heterocycles. The SMILES string of the molecule is CCn1nnc2c1CCC1C(CCC(C)=O)C1CC2. The number of aromatic nitrogens is 3. The molecule has 0 amide bonds. The minimum atomic E-state index is 0.339. The third-order valence-electron chi connectivity index (χ3n) is 4.99. The highest BCUT2D eigenvalue weighted by molar-refractivity contribution is 5.75. The normalized spacial score (nSPS) is 29.1. The van der Waals surface area contributed by atoms with Crippen molar-refractivity contribution in [3.63, 3.8) is 0 Å². The second kappa shape index (κ2) is 5.06. The van der Waals surface area contributed by atoms with Gasteiger partial charge in [0.15, 0.2) is 0 Å². The van der Waals surface area contributed by atoms with Crippen LogP contribution in [0, 0.1) is 17.8 Å². The van der Waals surface area contributed by atoms with Crippen molar-refractivity contribution in [2.24, 2.45) is 17.8 Å². The van der Waals surface area contributed by atoms with Crippen molar-refractivity contribution < 1.29 is 4.79 Å². The summed E-state index contributed by atoms with van der Waals surface area (Å²) in [6.45, 7) is 4.76. The Morgan fingerprint density at radius 1 is 1.32 bits per heavy atom.